The van der Waals surface area contributed by atoms with E-state index in [1.165, 1.54) is 7.11 Å². The molecule has 0 aliphatic carbocycles. The molecule has 0 aromatic rings. The normalized spacial score (nSPS) is 13.3. The summed E-state index contributed by atoms with van der Waals surface area (Å²) in [5, 5.41) is 0. The lowest BCUT2D eigenvalue weighted by atomic mass is 9.78. The van der Waals surface area contributed by atoms with Crippen LogP contribution in [0.4, 0.5) is 0 Å². The first-order valence-corrected chi connectivity index (χ1v) is 5.33. The number of hydrogen-bond acceptors (Lipinski definition) is 2. The quantitative estimate of drug-likeness (QED) is 0.697. The van der Waals surface area contributed by atoms with Crippen molar-refractivity contribution < 1.29 is 9.53 Å². The summed E-state index contributed by atoms with van der Waals surface area (Å²) in [6.45, 7) is 11.0. The third-order valence-corrected chi connectivity index (χ3v) is 2.47. The third-order valence-electron chi connectivity index (χ3n) is 2.47. The average molecular weight is 234 g/mol. The summed E-state index contributed by atoms with van der Waals surface area (Å²) >= 11 is 0. The predicted octanol–water partition coefficient (Wildman–Crippen LogP) is 3.37. The van der Waals surface area contributed by atoms with Crippen molar-refractivity contribution in [3.05, 3.63) is 0 Å². The van der Waals surface area contributed by atoms with Crippen LogP contribution in [0.25, 0.3) is 0 Å². The smallest absolute Gasteiger partial charge is 0.305 e. The molecule has 0 radical (unpaired) electrons. The van der Waals surface area contributed by atoms with Gasteiger partial charge in [0, 0.05) is 6.42 Å². The topological polar surface area (TPSA) is 26.3 Å². The zero-order chi connectivity index (χ0) is 11.4. The minimum atomic E-state index is -0.0899. The van der Waals surface area contributed by atoms with E-state index < -0.39 is 0 Å². The first-order chi connectivity index (χ1) is 6.26. The summed E-state index contributed by atoms with van der Waals surface area (Å²) < 4.78 is 4.71. The molecule has 2 nitrogen and oxygen atoms in total. The Morgan fingerprint density at radius 2 is 1.73 bits per heavy atom. The van der Waals surface area contributed by atoms with Crippen molar-refractivity contribution in [3.63, 3.8) is 0 Å². The number of methoxy groups -OCH3 is 1. The molecule has 0 saturated carbocycles. The fourth-order valence-corrected chi connectivity index (χ4v) is 1.63. The Balaban J connectivity index is 0. The Bertz CT molecular complexity index is 183. The van der Waals surface area contributed by atoms with Gasteiger partial charge in [-0.15, -0.1) is 0 Å². The number of ether oxygens (including phenoxy) is 1. The van der Waals surface area contributed by atoms with Crippen molar-refractivity contribution in [1.29, 1.82) is 0 Å². The Morgan fingerprint density at radius 1 is 1.27 bits per heavy atom. The highest BCUT2D eigenvalue weighted by atomic mass is 32.1. The van der Waals surface area contributed by atoms with Crippen LogP contribution in [0.1, 0.15) is 47.5 Å². The molecule has 0 aliphatic heterocycles. The Labute approximate surface area is 101 Å². The molecule has 1 atom stereocenters. The minimum Gasteiger partial charge on any atom is -0.469 e. The monoisotopic (exact) mass is 234 g/mol. The van der Waals surface area contributed by atoms with Gasteiger partial charge < -0.3 is 4.74 Å². The van der Waals surface area contributed by atoms with Gasteiger partial charge in [-0.2, -0.15) is 13.5 Å². The summed E-state index contributed by atoms with van der Waals surface area (Å²) in [7, 11) is 1.46. The van der Waals surface area contributed by atoms with Gasteiger partial charge in [-0.25, -0.2) is 0 Å². The fourth-order valence-electron chi connectivity index (χ4n) is 1.63. The van der Waals surface area contributed by atoms with Crippen LogP contribution < -0.4 is 0 Å². The van der Waals surface area contributed by atoms with Crippen LogP contribution in [0.15, 0.2) is 0 Å². The highest BCUT2D eigenvalue weighted by Gasteiger charge is 2.23. The lowest BCUT2D eigenvalue weighted by Crippen LogP contribution is -2.21. The Morgan fingerprint density at radius 3 is 2.00 bits per heavy atom. The van der Waals surface area contributed by atoms with Gasteiger partial charge in [0.05, 0.1) is 7.11 Å². The molecule has 15 heavy (non-hydrogen) atoms. The van der Waals surface area contributed by atoms with Gasteiger partial charge in [0.2, 0.25) is 0 Å². The van der Waals surface area contributed by atoms with Crippen molar-refractivity contribution in [2.45, 2.75) is 47.5 Å². The van der Waals surface area contributed by atoms with Crippen LogP contribution in [0.5, 0.6) is 0 Å². The van der Waals surface area contributed by atoms with Gasteiger partial charge in [-0.3, -0.25) is 4.79 Å². The first-order valence-electron chi connectivity index (χ1n) is 5.33. The lowest BCUT2D eigenvalue weighted by Gasteiger charge is -2.27. The van der Waals surface area contributed by atoms with E-state index in [2.05, 4.69) is 34.6 Å². The minimum absolute atomic E-state index is 0. The van der Waals surface area contributed by atoms with Crippen LogP contribution in [0.2, 0.25) is 0 Å². The standard InChI is InChI=1S/C12H24O2.H2S/c1-9(2)10(7-11(13)14-6)8-12(3,4)5;/h9-10H,7-8H2,1-6H3;1H2/t10-;/m0./s1. The van der Waals surface area contributed by atoms with E-state index in [4.69, 9.17) is 4.74 Å². The van der Waals surface area contributed by atoms with Gasteiger partial charge >= 0.3 is 5.97 Å². The van der Waals surface area contributed by atoms with Crippen LogP contribution >= 0.6 is 13.5 Å². The average Bonchev–Trinajstić information content (AvgIpc) is 2.00. The second-order valence-corrected chi connectivity index (χ2v) is 5.55. The number of hydrogen-bond donors (Lipinski definition) is 0. The Kier molecular flexibility index (Phi) is 8.21. The molecule has 0 unspecified atom stereocenters. The molecule has 0 aromatic carbocycles. The van der Waals surface area contributed by atoms with Gasteiger partial charge in [0.25, 0.3) is 0 Å². The van der Waals surface area contributed by atoms with Crippen molar-refractivity contribution in [1.82, 2.24) is 0 Å². The molecule has 0 aliphatic rings. The van der Waals surface area contributed by atoms with E-state index in [0.29, 0.717) is 18.3 Å². The molecule has 3 heteroatoms. The maximum Gasteiger partial charge on any atom is 0.305 e. The number of rotatable bonds is 4. The van der Waals surface area contributed by atoms with E-state index in [-0.39, 0.29) is 24.9 Å². The van der Waals surface area contributed by atoms with Gasteiger partial charge in [-0.1, -0.05) is 34.6 Å². The highest BCUT2D eigenvalue weighted by Crippen LogP contribution is 2.31. The molecule has 0 fully saturated rings. The molecule has 0 aromatic heterocycles. The first kappa shape index (κ1) is 17.2. The second kappa shape index (κ2) is 7.15. The van der Waals surface area contributed by atoms with E-state index in [1.807, 2.05) is 0 Å². The summed E-state index contributed by atoms with van der Waals surface area (Å²) in [6.07, 6.45) is 1.62. The second-order valence-electron chi connectivity index (χ2n) is 5.55. The molecule has 92 valence electrons. The van der Waals surface area contributed by atoms with Crippen LogP contribution in [-0.4, -0.2) is 13.1 Å². The molecule has 0 spiro atoms. The molecule has 0 heterocycles. The third kappa shape index (κ3) is 8.79. The van der Waals surface area contributed by atoms with Crippen LogP contribution in [0.3, 0.4) is 0 Å². The molecule has 0 amide bonds. The van der Waals surface area contributed by atoms with Gasteiger partial charge in [-0.05, 0) is 23.7 Å². The molecule has 0 bridgehead atoms. The van der Waals surface area contributed by atoms with Gasteiger partial charge in [0.1, 0.15) is 0 Å². The zero-order valence-electron chi connectivity index (χ0n) is 10.9. The maximum atomic E-state index is 11.2. The molecule has 0 saturated heterocycles. The molecular weight excluding hydrogens is 208 g/mol. The summed E-state index contributed by atoms with van der Waals surface area (Å²) in [4.78, 5) is 11.2. The largest absolute Gasteiger partial charge is 0.469 e. The van der Waals surface area contributed by atoms with Crippen molar-refractivity contribution in [3.8, 4) is 0 Å². The van der Waals surface area contributed by atoms with E-state index in [1.54, 1.807) is 0 Å². The predicted molar refractivity (Wildman–Crippen MR) is 69.4 cm³/mol. The van der Waals surface area contributed by atoms with Crippen molar-refractivity contribution >= 4 is 19.5 Å². The molecule has 0 rings (SSSR count). The summed E-state index contributed by atoms with van der Waals surface area (Å²) in [6, 6.07) is 0. The van der Waals surface area contributed by atoms with Crippen LogP contribution in [0, 0.1) is 17.3 Å². The van der Waals surface area contributed by atoms with Crippen molar-refractivity contribution in [2.24, 2.45) is 17.3 Å². The molecular formula is C12H26O2S. The molecule has 0 N–H and O–H groups in total. The highest BCUT2D eigenvalue weighted by molar-refractivity contribution is 7.59. The lowest BCUT2D eigenvalue weighted by molar-refractivity contribution is -0.142. The number of carbonyl (C=O) groups excluding carboxylic acids is 1. The zero-order valence-corrected chi connectivity index (χ0v) is 11.9. The summed E-state index contributed by atoms with van der Waals surface area (Å²) in [5.41, 5.74) is 0.281. The maximum absolute atomic E-state index is 11.2. The Hall–Kier alpha value is -0.180. The summed E-state index contributed by atoms with van der Waals surface area (Å²) in [5.74, 6) is 0.878. The number of esters is 1. The van der Waals surface area contributed by atoms with Crippen LogP contribution in [-0.2, 0) is 9.53 Å². The number of carbonyl (C=O) groups is 1. The SMILES string of the molecule is COC(=O)C[C@@H](CC(C)(C)C)C(C)C.S. The van der Waals surface area contributed by atoms with Crippen molar-refractivity contribution in [2.75, 3.05) is 7.11 Å². The van der Waals surface area contributed by atoms with Gasteiger partial charge in [0.15, 0.2) is 0 Å². The van der Waals surface area contributed by atoms with E-state index in [0.717, 1.165) is 6.42 Å². The fraction of sp³-hybridized carbons (Fsp3) is 0.917. The van der Waals surface area contributed by atoms with E-state index in [9.17, 15) is 4.79 Å². The van der Waals surface area contributed by atoms with E-state index >= 15 is 0 Å².